The van der Waals surface area contributed by atoms with Crippen LogP contribution in [0.15, 0.2) is 185 Å². The molecule has 0 radical (unpaired) electrons. The number of benzene rings is 8. The third kappa shape index (κ3) is 4.62. The van der Waals surface area contributed by atoms with Gasteiger partial charge in [0.1, 0.15) is 22.3 Å². The monoisotopic (exact) mass is 680 g/mol. The molecule has 4 heteroatoms. The van der Waals surface area contributed by atoms with Gasteiger partial charge in [0.25, 0.3) is 0 Å². The average Bonchev–Trinajstić information content (AvgIpc) is 3.88. The van der Waals surface area contributed by atoms with Crippen LogP contribution in [0.1, 0.15) is 5.56 Å². The maximum absolute atomic E-state index is 6.39. The van der Waals surface area contributed by atoms with E-state index < -0.39 is 0 Å². The molecule has 8 aromatic carbocycles. The highest BCUT2D eigenvalue weighted by Crippen LogP contribution is 2.45. The fraction of sp³-hybridized carbons (Fsp3) is 0.0204. The lowest BCUT2D eigenvalue weighted by molar-refractivity contribution is 0.669. The van der Waals surface area contributed by atoms with Crippen LogP contribution in [0.3, 0.4) is 0 Å². The van der Waals surface area contributed by atoms with E-state index in [1.165, 1.54) is 38.6 Å². The Morgan fingerprint density at radius 2 is 1.04 bits per heavy atom. The van der Waals surface area contributed by atoms with E-state index in [0.29, 0.717) is 0 Å². The first-order chi connectivity index (χ1) is 26.2. The second kappa shape index (κ2) is 11.5. The topological polar surface area (TPSA) is 34.5 Å². The molecule has 0 saturated carbocycles. The number of aromatic nitrogens is 1. The van der Waals surface area contributed by atoms with Crippen LogP contribution >= 0.6 is 0 Å². The summed E-state index contributed by atoms with van der Waals surface area (Å²) in [5.41, 5.74) is 13.7. The van der Waals surface area contributed by atoms with Crippen LogP contribution in [-0.2, 0) is 0 Å². The number of furan rings is 2. The second-order valence-corrected chi connectivity index (χ2v) is 13.8. The van der Waals surface area contributed by atoms with Gasteiger partial charge in [-0.2, -0.15) is 0 Å². The number of anilines is 3. The maximum Gasteiger partial charge on any atom is 0.137 e. The van der Waals surface area contributed by atoms with E-state index >= 15 is 0 Å². The number of fused-ring (bicyclic) bond motifs is 9. The lowest BCUT2D eigenvalue weighted by Crippen LogP contribution is -2.10. The Hall–Kier alpha value is -7.04. The van der Waals surface area contributed by atoms with Gasteiger partial charge in [0, 0.05) is 50.1 Å². The van der Waals surface area contributed by atoms with Gasteiger partial charge in [-0.3, -0.25) is 0 Å². The predicted octanol–water partition coefficient (Wildman–Crippen LogP) is 14.0. The first-order valence-electron chi connectivity index (χ1n) is 18.0. The van der Waals surface area contributed by atoms with Crippen LogP contribution in [0.25, 0.3) is 82.5 Å². The highest BCUT2D eigenvalue weighted by Gasteiger charge is 2.21. The zero-order chi connectivity index (χ0) is 35.0. The van der Waals surface area contributed by atoms with E-state index in [0.717, 1.165) is 66.5 Å². The third-order valence-electron chi connectivity index (χ3n) is 10.7. The van der Waals surface area contributed by atoms with Crippen molar-refractivity contribution in [1.82, 2.24) is 4.57 Å². The predicted molar refractivity (Wildman–Crippen MR) is 220 cm³/mol. The lowest BCUT2D eigenvalue weighted by Gasteiger charge is -2.26. The molecule has 0 spiro atoms. The lowest BCUT2D eigenvalue weighted by atomic mass is 10.0. The van der Waals surface area contributed by atoms with Crippen molar-refractivity contribution in [2.75, 3.05) is 4.90 Å². The molecular weight excluding hydrogens is 649 g/mol. The van der Waals surface area contributed by atoms with Crippen LogP contribution in [0, 0.1) is 6.92 Å². The summed E-state index contributed by atoms with van der Waals surface area (Å²) in [6, 6.07) is 62.5. The fourth-order valence-electron chi connectivity index (χ4n) is 8.15. The molecule has 11 aromatic rings. The van der Waals surface area contributed by atoms with Crippen molar-refractivity contribution in [2.45, 2.75) is 6.92 Å². The van der Waals surface area contributed by atoms with Gasteiger partial charge in [-0.1, -0.05) is 96.6 Å². The van der Waals surface area contributed by atoms with E-state index in [1.807, 2.05) is 24.3 Å². The summed E-state index contributed by atoms with van der Waals surface area (Å²) >= 11 is 0. The molecule has 0 saturated heterocycles. The molecule has 3 heterocycles. The smallest absolute Gasteiger partial charge is 0.137 e. The summed E-state index contributed by atoms with van der Waals surface area (Å²) in [5.74, 6) is 0. The van der Waals surface area contributed by atoms with Crippen molar-refractivity contribution in [3.63, 3.8) is 0 Å². The van der Waals surface area contributed by atoms with Crippen molar-refractivity contribution in [3.05, 3.63) is 181 Å². The van der Waals surface area contributed by atoms with Crippen LogP contribution in [0.2, 0.25) is 0 Å². The van der Waals surface area contributed by atoms with Crippen molar-refractivity contribution >= 4 is 82.7 Å². The molecule has 53 heavy (non-hydrogen) atoms. The van der Waals surface area contributed by atoms with Gasteiger partial charge >= 0.3 is 0 Å². The first-order valence-corrected chi connectivity index (χ1v) is 18.0. The number of aryl methyl sites for hydroxylation is 1. The summed E-state index contributed by atoms with van der Waals surface area (Å²) in [6.45, 7) is 2.13. The second-order valence-electron chi connectivity index (χ2n) is 13.8. The number of rotatable bonds is 5. The number of hydrogen-bond acceptors (Lipinski definition) is 3. The Kier molecular flexibility index (Phi) is 6.43. The molecule has 3 aromatic heterocycles. The molecule has 0 aliphatic heterocycles. The quantitative estimate of drug-likeness (QED) is 0.181. The summed E-state index contributed by atoms with van der Waals surface area (Å²) < 4.78 is 15.1. The molecule has 0 amide bonds. The van der Waals surface area contributed by atoms with Crippen LogP contribution < -0.4 is 4.90 Å². The van der Waals surface area contributed by atoms with Gasteiger partial charge in [0.15, 0.2) is 0 Å². The molecule has 11 rings (SSSR count). The van der Waals surface area contributed by atoms with E-state index in [4.69, 9.17) is 8.83 Å². The van der Waals surface area contributed by atoms with Gasteiger partial charge in [-0.05, 0) is 96.9 Å². The van der Waals surface area contributed by atoms with Gasteiger partial charge in [-0.25, -0.2) is 0 Å². The minimum atomic E-state index is 0.854. The fourth-order valence-corrected chi connectivity index (χ4v) is 8.15. The largest absolute Gasteiger partial charge is 0.456 e. The third-order valence-corrected chi connectivity index (χ3v) is 10.7. The molecule has 0 atom stereocenters. The maximum atomic E-state index is 6.39. The Morgan fingerprint density at radius 3 is 1.87 bits per heavy atom. The van der Waals surface area contributed by atoms with Crippen molar-refractivity contribution in [3.8, 4) is 16.8 Å². The molecule has 0 aliphatic rings. The van der Waals surface area contributed by atoms with E-state index in [1.54, 1.807) is 0 Å². The van der Waals surface area contributed by atoms with E-state index in [-0.39, 0.29) is 0 Å². The van der Waals surface area contributed by atoms with E-state index in [9.17, 15) is 0 Å². The van der Waals surface area contributed by atoms with Crippen molar-refractivity contribution in [1.29, 1.82) is 0 Å². The SMILES string of the molecule is Cc1ccc(-n2c3ccccc3c3cc(-c4ccc(N(c5ccc6c(c5)oc5ccccc56)c5cccc6oc7ccccc7c56)cc4)ccc32)cc1. The van der Waals surface area contributed by atoms with Gasteiger partial charge < -0.3 is 18.3 Å². The molecule has 0 unspecified atom stereocenters. The van der Waals surface area contributed by atoms with Crippen molar-refractivity contribution in [2.24, 2.45) is 0 Å². The highest BCUT2D eigenvalue weighted by atomic mass is 16.3. The first kappa shape index (κ1) is 29.7. The molecule has 0 bridgehead atoms. The Morgan fingerprint density at radius 1 is 0.415 bits per heavy atom. The standard InChI is InChI=1S/C49H32N2O2/c1-31-17-22-35(23-18-31)51-42-12-5-2-9-37(42)41-29-33(21-28-43(41)51)32-19-24-34(25-20-32)50(36-26-27-39-38-10-3-6-14-45(38)53-48(39)30-36)44-13-8-16-47-49(44)40-11-4-7-15-46(40)52-47/h2-30H,1H3. The average molecular weight is 681 g/mol. The number of para-hydroxylation sites is 3. The number of nitrogens with zero attached hydrogens (tertiary/aromatic N) is 2. The zero-order valence-electron chi connectivity index (χ0n) is 29.0. The highest BCUT2D eigenvalue weighted by molar-refractivity contribution is 6.14. The molecule has 250 valence electrons. The summed E-state index contributed by atoms with van der Waals surface area (Å²) in [4.78, 5) is 2.32. The zero-order valence-corrected chi connectivity index (χ0v) is 29.0. The van der Waals surface area contributed by atoms with Gasteiger partial charge in [0.05, 0.1) is 22.1 Å². The number of hydrogen-bond donors (Lipinski definition) is 0. The minimum absolute atomic E-state index is 0.854. The molecule has 0 aliphatic carbocycles. The summed E-state index contributed by atoms with van der Waals surface area (Å²) in [6.07, 6.45) is 0. The molecular formula is C49H32N2O2. The van der Waals surface area contributed by atoms with Crippen molar-refractivity contribution < 1.29 is 8.83 Å². The van der Waals surface area contributed by atoms with E-state index in [2.05, 4.69) is 168 Å². The Labute approximate surface area is 305 Å². The van der Waals surface area contributed by atoms with Gasteiger partial charge in [-0.15, -0.1) is 0 Å². The minimum Gasteiger partial charge on any atom is -0.456 e. The molecule has 0 fully saturated rings. The van der Waals surface area contributed by atoms with Crippen LogP contribution in [0.4, 0.5) is 17.1 Å². The van der Waals surface area contributed by atoms with Crippen LogP contribution in [0.5, 0.6) is 0 Å². The normalized spacial score (nSPS) is 11.9. The molecule has 4 nitrogen and oxygen atoms in total. The summed E-state index contributed by atoms with van der Waals surface area (Å²) in [7, 11) is 0. The molecule has 0 N–H and O–H groups in total. The van der Waals surface area contributed by atoms with Gasteiger partial charge in [0.2, 0.25) is 0 Å². The summed E-state index contributed by atoms with van der Waals surface area (Å²) in [5, 5.41) is 6.86. The Bertz CT molecular complexity index is 3180. The van der Waals surface area contributed by atoms with Crippen LogP contribution in [-0.4, -0.2) is 4.57 Å². The Balaban J connectivity index is 1.07.